The lowest BCUT2D eigenvalue weighted by atomic mass is 10.2. The van der Waals surface area contributed by atoms with E-state index in [9.17, 15) is 4.79 Å². The number of nitrogens with two attached hydrogens (primary N) is 1. The lowest BCUT2D eigenvalue weighted by Gasteiger charge is -2.17. The van der Waals surface area contributed by atoms with E-state index in [4.69, 9.17) is 22.4 Å². The molecule has 0 bridgehead atoms. The predicted octanol–water partition coefficient (Wildman–Crippen LogP) is 1.64. The first-order valence-corrected chi connectivity index (χ1v) is 5.65. The summed E-state index contributed by atoms with van der Waals surface area (Å²) in [7, 11) is 1.89. The van der Waals surface area contributed by atoms with Gasteiger partial charge in [-0.3, -0.25) is 4.79 Å². The van der Waals surface area contributed by atoms with Crippen molar-refractivity contribution in [1.82, 2.24) is 0 Å². The van der Waals surface area contributed by atoms with E-state index in [0.29, 0.717) is 13.0 Å². The SMILES string of the molecule is CN(CCC(N)C(=O)O)c1ccc(Cl)s1. The van der Waals surface area contributed by atoms with Gasteiger partial charge in [-0.2, -0.15) is 0 Å². The predicted molar refractivity (Wildman–Crippen MR) is 62.8 cm³/mol. The summed E-state index contributed by atoms with van der Waals surface area (Å²) in [5.41, 5.74) is 5.40. The van der Waals surface area contributed by atoms with Crippen LogP contribution >= 0.6 is 22.9 Å². The monoisotopic (exact) mass is 248 g/mol. The molecule has 0 aliphatic carbocycles. The van der Waals surface area contributed by atoms with Gasteiger partial charge in [0.1, 0.15) is 6.04 Å². The maximum Gasteiger partial charge on any atom is 0.320 e. The number of halogens is 1. The van der Waals surface area contributed by atoms with E-state index in [-0.39, 0.29) is 0 Å². The molecule has 0 saturated carbocycles. The third-order valence-corrected chi connectivity index (χ3v) is 3.37. The van der Waals surface area contributed by atoms with E-state index >= 15 is 0 Å². The van der Waals surface area contributed by atoms with E-state index < -0.39 is 12.0 Å². The summed E-state index contributed by atoms with van der Waals surface area (Å²) in [4.78, 5) is 12.4. The van der Waals surface area contributed by atoms with Gasteiger partial charge in [0.15, 0.2) is 0 Å². The first kappa shape index (κ1) is 12.3. The van der Waals surface area contributed by atoms with Crippen LogP contribution in [0.3, 0.4) is 0 Å². The van der Waals surface area contributed by atoms with Gasteiger partial charge < -0.3 is 15.7 Å². The fourth-order valence-corrected chi connectivity index (χ4v) is 2.10. The summed E-state index contributed by atoms with van der Waals surface area (Å²) in [5.74, 6) is -0.965. The van der Waals surface area contributed by atoms with Crippen molar-refractivity contribution in [3.05, 3.63) is 16.5 Å². The van der Waals surface area contributed by atoms with Gasteiger partial charge in [0.05, 0.1) is 9.34 Å². The molecule has 1 unspecified atom stereocenters. The summed E-state index contributed by atoms with van der Waals surface area (Å²) in [6, 6.07) is 2.91. The number of aliphatic carboxylic acids is 1. The number of nitrogens with zero attached hydrogens (tertiary/aromatic N) is 1. The van der Waals surface area contributed by atoms with E-state index in [0.717, 1.165) is 9.34 Å². The highest BCUT2D eigenvalue weighted by molar-refractivity contribution is 7.19. The lowest BCUT2D eigenvalue weighted by Crippen LogP contribution is -2.34. The van der Waals surface area contributed by atoms with Crippen LogP contribution in [0, 0.1) is 0 Å². The molecule has 1 rings (SSSR count). The fraction of sp³-hybridized carbons (Fsp3) is 0.444. The second kappa shape index (κ2) is 5.34. The van der Waals surface area contributed by atoms with Crippen LogP contribution in [0.4, 0.5) is 5.00 Å². The number of carboxylic acid groups (broad SMARTS) is 1. The van der Waals surface area contributed by atoms with E-state index in [2.05, 4.69) is 0 Å². The van der Waals surface area contributed by atoms with Crippen molar-refractivity contribution in [3.63, 3.8) is 0 Å². The molecule has 0 aromatic carbocycles. The quantitative estimate of drug-likeness (QED) is 0.831. The van der Waals surface area contributed by atoms with Crippen LogP contribution in [0.1, 0.15) is 6.42 Å². The van der Waals surface area contributed by atoms with Crippen molar-refractivity contribution in [1.29, 1.82) is 0 Å². The summed E-state index contributed by atoms with van der Waals surface area (Å²) in [6.07, 6.45) is 0.418. The second-order valence-corrected chi connectivity index (χ2v) is 4.93. The number of carboxylic acids is 1. The lowest BCUT2D eigenvalue weighted by molar-refractivity contribution is -0.138. The molecule has 0 radical (unpaired) electrons. The molecule has 1 aromatic heterocycles. The number of thiophene rings is 1. The Bertz CT molecular complexity index is 343. The normalized spacial score (nSPS) is 12.5. The molecule has 1 atom stereocenters. The largest absolute Gasteiger partial charge is 0.480 e. The molecular weight excluding hydrogens is 236 g/mol. The van der Waals surface area contributed by atoms with Crippen LogP contribution in [-0.2, 0) is 4.79 Å². The maximum absolute atomic E-state index is 10.5. The summed E-state index contributed by atoms with van der Waals surface area (Å²) < 4.78 is 0.722. The number of hydrogen-bond donors (Lipinski definition) is 2. The molecule has 84 valence electrons. The Morgan fingerprint density at radius 3 is 2.87 bits per heavy atom. The van der Waals surface area contributed by atoms with Crippen molar-refractivity contribution < 1.29 is 9.90 Å². The van der Waals surface area contributed by atoms with E-state index in [1.165, 1.54) is 11.3 Å². The van der Waals surface area contributed by atoms with Crippen molar-refractivity contribution in [2.45, 2.75) is 12.5 Å². The molecule has 0 spiro atoms. The highest BCUT2D eigenvalue weighted by Crippen LogP contribution is 2.28. The molecule has 1 heterocycles. The molecule has 15 heavy (non-hydrogen) atoms. The Labute approximate surface area is 97.3 Å². The summed E-state index contributed by atoms with van der Waals surface area (Å²) >= 11 is 7.25. The van der Waals surface area contributed by atoms with Crippen molar-refractivity contribution in [3.8, 4) is 0 Å². The molecule has 6 heteroatoms. The Morgan fingerprint density at radius 2 is 2.40 bits per heavy atom. The van der Waals surface area contributed by atoms with Crippen molar-refractivity contribution in [2.75, 3.05) is 18.5 Å². The summed E-state index contributed by atoms with van der Waals surface area (Å²) in [5, 5.41) is 9.62. The van der Waals surface area contributed by atoms with Gasteiger partial charge in [0, 0.05) is 13.6 Å². The molecule has 0 amide bonds. The van der Waals surface area contributed by atoms with Crippen LogP contribution < -0.4 is 10.6 Å². The minimum Gasteiger partial charge on any atom is -0.480 e. The number of rotatable bonds is 5. The van der Waals surface area contributed by atoms with Gasteiger partial charge in [-0.05, 0) is 18.6 Å². The average Bonchev–Trinajstić information content (AvgIpc) is 2.60. The molecule has 0 aliphatic rings. The van der Waals surface area contributed by atoms with Crippen molar-refractivity contribution in [2.24, 2.45) is 5.73 Å². The van der Waals surface area contributed by atoms with Gasteiger partial charge in [0.2, 0.25) is 0 Å². The van der Waals surface area contributed by atoms with Gasteiger partial charge in [-0.25, -0.2) is 0 Å². The smallest absolute Gasteiger partial charge is 0.320 e. The van der Waals surface area contributed by atoms with E-state index in [1.807, 2.05) is 24.1 Å². The van der Waals surface area contributed by atoms with Crippen LogP contribution in [-0.4, -0.2) is 30.7 Å². The zero-order valence-electron chi connectivity index (χ0n) is 8.31. The Balaban J connectivity index is 2.43. The molecule has 1 aromatic rings. The average molecular weight is 249 g/mol. The fourth-order valence-electron chi connectivity index (χ4n) is 1.08. The third-order valence-electron chi connectivity index (χ3n) is 2.03. The van der Waals surface area contributed by atoms with Crippen LogP contribution in [0.15, 0.2) is 12.1 Å². The van der Waals surface area contributed by atoms with Crippen LogP contribution in [0.25, 0.3) is 0 Å². The first-order valence-electron chi connectivity index (χ1n) is 4.45. The topological polar surface area (TPSA) is 66.6 Å². The first-order chi connectivity index (χ1) is 7.00. The Hall–Kier alpha value is -0.780. The zero-order valence-corrected chi connectivity index (χ0v) is 9.88. The third kappa shape index (κ3) is 3.70. The standard InChI is InChI=1S/C9H13ClN2O2S/c1-12(5-4-6(11)9(13)14)8-3-2-7(10)15-8/h2-3,6H,4-5,11H2,1H3,(H,13,14). The number of carbonyl (C=O) groups is 1. The maximum atomic E-state index is 10.5. The van der Waals surface area contributed by atoms with Crippen LogP contribution in [0.5, 0.6) is 0 Å². The molecule has 0 fully saturated rings. The number of anilines is 1. The zero-order chi connectivity index (χ0) is 11.4. The van der Waals surface area contributed by atoms with Gasteiger partial charge in [-0.1, -0.05) is 11.6 Å². The summed E-state index contributed by atoms with van der Waals surface area (Å²) in [6.45, 7) is 0.601. The van der Waals surface area contributed by atoms with Gasteiger partial charge in [-0.15, -0.1) is 11.3 Å². The second-order valence-electron chi connectivity index (χ2n) is 3.23. The number of hydrogen-bond acceptors (Lipinski definition) is 4. The van der Waals surface area contributed by atoms with Gasteiger partial charge >= 0.3 is 5.97 Å². The van der Waals surface area contributed by atoms with Crippen molar-refractivity contribution >= 4 is 33.9 Å². The highest BCUT2D eigenvalue weighted by atomic mass is 35.5. The van der Waals surface area contributed by atoms with Gasteiger partial charge in [0.25, 0.3) is 0 Å². The molecular formula is C9H13ClN2O2S. The Kier molecular flexibility index (Phi) is 4.38. The minimum atomic E-state index is -0.965. The van der Waals surface area contributed by atoms with Crippen LogP contribution in [0.2, 0.25) is 4.34 Å². The highest BCUT2D eigenvalue weighted by Gasteiger charge is 2.12. The van der Waals surface area contributed by atoms with E-state index in [1.54, 1.807) is 0 Å². The Morgan fingerprint density at radius 1 is 1.73 bits per heavy atom. The molecule has 3 N–H and O–H groups in total. The molecule has 0 aliphatic heterocycles. The molecule has 0 saturated heterocycles. The minimum absolute atomic E-state index is 0.418. The molecule has 4 nitrogen and oxygen atoms in total.